The Bertz CT molecular complexity index is 6750. The summed E-state index contributed by atoms with van der Waals surface area (Å²) in [6.07, 6.45) is 8.36. The van der Waals surface area contributed by atoms with Crippen LogP contribution in [0.2, 0.25) is 0 Å². The first-order valence-corrected chi connectivity index (χ1v) is 49.7. The number of aliphatic carboxylic acids is 2. The van der Waals surface area contributed by atoms with Crippen molar-refractivity contribution in [2.24, 2.45) is 20.0 Å². The van der Waals surface area contributed by atoms with Crippen molar-refractivity contribution < 1.29 is 62.5 Å². The molecule has 8 aliphatic rings. The van der Waals surface area contributed by atoms with E-state index in [9.17, 15) is 29.4 Å². The van der Waals surface area contributed by atoms with Crippen molar-refractivity contribution in [3.8, 4) is 23.0 Å². The molecule has 0 fully saturated rings. The van der Waals surface area contributed by atoms with E-state index in [1.54, 1.807) is 13.8 Å². The molecule has 25 nitrogen and oxygen atoms in total. The SMILES string of the molecule is CC1(C)c2ccccc2N(CCN(CC(=O)O)CC(=O)O)C12C=Nc1c(ccc3ccccc13)O2.CCN(CC)CCOCCN1c2ccccc2C(C)(C)C12C=Nc1c(ccc3ccccc13)O2.CCN(CC)Cc1ccc2c(c1)N(C)C1(C=Nc3c(ccc4ccccc34)O1)C2(C)C.CCOC(=O)CCN(CCC(=O)OCC)CCN1c2ccccc2C(C)(C)C12C=Nc1c(ccc3ccccc13)O2. The van der Waals surface area contributed by atoms with Gasteiger partial charge in [0.05, 0.1) is 98.9 Å². The monoisotopic (exact) mass is 1900 g/mol. The lowest BCUT2D eigenvalue weighted by Gasteiger charge is -2.46. The molecule has 141 heavy (non-hydrogen) atoms. The topological polar surface area (TPSA) is 249 Å². The number of esters is 2. The van der Waals surface area contributed by atoms with Crippen molar-refractivity contribution in [1.82, 2.24) is 19.6 Å². The number of aliphatic imine (C=N–C) groups is 4. The minimum absolute atomic E-state index is 0.229. The highest BCUT2D eigenvalue weighted by Crippen LogP contribution is 2.60. The molecule has 20 rings (SSSR count). The van der Waals surface area contributed by atoms with E-state index >= 15 is 0 Å². The van der Waals surface area contributed by atoms with Crippen molar-refractivity contribution in [3.05, 3.63) is 264 Å². The first-order chi connectivity index (χ1) is 68.0. The predicted molar refractivity (Wildman–Crippen MR) is 566 cm³/mol. The van der Waals surface area contributed by atoms with Crippen LogP contribution in [-0.2, 0) is 61.6 Å². The average molecular weight is 1900 g/mol. The van der Waals surface area contributed by atoms with Crippen LogP contribution in [0, 0.1) is 0 Å². The summed E-state index contributed by atoms with van der Waals surface area (Å²) in [4.78, 5) is 84.3. The lowest BCUT2D eigenvalue weighted by Crippen LogP contribution is -2.63. The highest BCUT2D eigenvalue weighted by atomic mass is 16.5. The maximum absolute atomic E-state index is 12.2. The van der Waals surface area contributed by atoms with Crippen molar-refractivity contribution in [3.63, 3.8) is 0 Å². The van der Waals surface area contributed by atoms with Gasteiger partial charge in [0.15, 0.2) is 0 Å². The van der Waals surface area contributed by atoms with Crippen LogP contribution in [0.5, 0.6) is 23.0 Å². The molecule has 734 valence electrons. The van der Waals surface area contributed by atoms with Crippen LogP contribution in [0.3, 0.4) is 0 Å². The summed E-state index contributed by atoms with van der Waals surface area (Å²) in [6.45, 7) is 41.0. The summed E-state index contributed by atoms with van der Waals surface area (Å²) in [7, 11) is 2.13. The second kappa shape index (κ2) is 40.9. The predicted octanol–water partition coefficient (Wildman–Crippen LogP) is 21.2. The van der Waals surface area contributed by atoms with Gasteiger partial charge in [-0.15, -0.1) is 0 Å². The van der Waals surface area contributed by atoms with Gasteiger partial charge < -0.3 is 72.8 Å². The maximum Gasteiger partial charge on any atom is 0.317 e. The Hall–Kier alpha value is -13.6. The standard InChI is InChI=1S/C33H39N3O5.C29H35N3O2.C27H27N3O5.C27H31N3O/c1-5-39-29(37)17-19-35(20-18-30(38)40-6-2)21-22-36-27-14-10-9-13-26(27)32(3,4)33(36)23-34-31-25-12-8-7-11-24(25)15-16-28(31)41-33;1-5-31(6-2)17-19-33-20-18-32-25-14-10-9-13-24(25)28(3,4)29(32)21-30-27-23-12-8-7-11-22(23)15-16-26(27)34-29;1-26(2)20-9-5-6-10-21(20)30(14-13-29(15-23(31)32)16-24(33)34)27(26)17-28-25-19-8-4-3-7-18(19)11-12-22(25)35-27;1-6-30(7-2)17-19-12-14-22-23(16-19)29(5)27(26(22,3)4)18-28-25-21-11-9-8-10-20(21)13-15-24(25)31-27/h7-16,23H,5-6,17-22H2,1-4H3;7-16,21H,5-6,17-20H2,1-4H3;3-12,17H,13-16H2,1-2H3,(H,31,32)(H,33,34);8-16,18H,6-7,17H2,1-5H3. The highest BCUT2D eigenvalue weighted by Gasteiger charge is 2.64. The lowest BCUT2D eigenvalue weighted by atomic mass is 9.77. The molecule has 4 spiro atoms. The van der Waals surface area contributed by atoms with Crippen LogP contribution in [0.1, 0.15) is 138 Å². The molecule has 4 atom stereocenters. The third-order valence-corrected chi connectivity index (χ3v) is 30.1. The van der Waals surface area contributed by atoms with E-state index in [0.29, 0.717) is 58.3 Å². The molecule has 8 aliphatic heterocycles. The number of carbonyl (C=O) groups excluding carboxylic acids is 2. The minimum atomic E-state index is -1.07. The molecule has 8 heterocycles. The Labute approximate surface area is 827 Å². The summed E-state index contributed by atoms with van der Waals surface area (Å²) in [6, 6.07) is 81.2. The van der Waals surface area contributed by atoms with Crippen molar-refractivity contribution in [1.29, 1.82) is 0 Å². The third-order valence-electron chi connectivity index (χ3n) is 30.1. The first-order valence-electron chi connectivity index (χ1n) is 49.7. The third kappa shape index (κ3) is 18.4. The number of carboxylic acid groups (broad SMARTS) is 2. The van der Waals surface area contributed by atoms with Gasteiger partial charge in [-0.25, -0.2) is 0 Å². The Morgan fingerprint density at radius 1 is 0.340 bits per heavy atom. The summed E-state index contributed by atoms with van der Waals surface area (Å²) < 4.78 is 44.0. The Balaban J connectivity index is 0.000000130. The summed E-state index contributed by atoms with van der Waals surface area (Å²) in [5.41, 5.74) is 9.42. The number of benzene rings is 12. The average Bonchev–Trinajstić information content (AvgIpc) is 1.56. The van der Waals surface area contributed by atoms with E-state index in [0.717, 1.165) is 142 Å². The molecule has 2 N–H and O–H groups in total. The van der Waals surface area contributed by atoms with Gasteiger partial charge >= 0.3 is 23.9 Å². The van der Waals surface area contributed by atoms with Crippen molar-refractivity contribution in [2.45, 2.75) is 161 Å². The molecule has 0 saturated heterocycles. The van der Waals surface area contributed by atoms with Gasteiger partial charge in [0.1, 0.15) is 45.7 Å². The number of nitrogens with zero attached hydrogens (tertiary/aromatic N) is 12. The lowest BCUT2D eigenvalue weighted by molar-refractivity contribution is -0.144. The van der Waals surface area contributed by atoms with Gasteiger partial charge in [0.25, 0.3) is 0 Å². The van der Waals surface area contributed by atoms with Crippen LogP contribution in [0.4, 0.5) is 45.5 Å². The van der Waals surface area contributed by atoms with Gasteiger partial charge in [0, 0.05) is 110 Å². The molecule has 0 amide bonds. The Morgan fingerprint density at radius 3 is 1.04 bits per heavy atom. The number of para-hydroxylation sites is 3. The quantitative estimate of drug-likeness (QED) is 0.0314. The number of anilines is 4. The number of likely N-dealkylation sites (N-methyl/N-ethyl adjacent to an activating group) is 2. The molecule has 25 heteroatoms. The fourth-order valence-corrected chi connectivity index (χ4v) is 21.9. The molecule has 4 unspecified atom stereocenters. The van der Waals surface area contributed by atoms with Crippen LogP contribution >= 0.6 is 0 Å². The zero-order valence-electron chi connectivity index (χ0n) is 83.9. The highest BCUT2D eigenvalue weighted by molar-refractivity contribution is 6.04. The van der Waals surface area contributed by atoms with Gasteiger partial charge in [0.2, 0.25) is 22.9 Å². The van der Waals surface area contributed by atoms with Gasteiger partial charge in [-0.2, -0.15) is 0 Å². The zero-order chi connectivity index (χ0) is 99.4. The number of ether oxygens (including phenoxy) is 7. The normalized spacial score (nSPS) is 19.6. The fraction of sp³-hybridized carbons (Fsp3) is 0.379. The Kier molecular flexibility index (Phi) is 28.8. The van der Waals surface area contributed by atoms with Gasteiger partial charge in [-0.05, 0) is 193 Å². The van der Waals surface area contributed by atoms with Crippen LogP contribution < -0.4 is 38.5 Å². The number of fused-ring (bicyclic) bond motifs is 16. The second-order valence-corrected chi connectivity index (χ2v) is 39.2. The number of hydrogen-bond acceptors (Lipinski definition) is 23. The molecule has 0 aromatic heterocycles. The molecule has 12 aromatic carbocycles. The summed E-state index contributed by atoms with van der Waals surface area (Å²) in [5.74, 6) is 0.461. The molecule has 12 aromatic rings. The van der Waals surface area contributed by atoms with Crippen LogP contribution in [-0.4, -0.2) is 227 Å². The van der Waals surface area contributed by atoms with Crippen LogP contribution in [0.25, 0.3) is 43.1 Å². The minimum Gasteiger partial charge on any atom is -0.480 e. The van der Waals surface area contributed by atoms with Crippen molar-refractivity contribution >= 4 is 137 Å². The van der Waals surface area contributed by atoms with E-state index in [2.05, 4.69) is 282 Å². The maximum atomic E-state index is 12.2. The fourth-order valence-electron chi connectivity index (χ4n) is 21.9. The molecule has 0 bridgehead atoms. The number of carboxylic acids is 2. The second-order valence-electron chi connectivity index (χ2n) is 39.2. The van der Waals surface area contributed by atoms with Crippen LogP contribution in [0.15, 0.2) is 257 Å². The van der Waals surface area contributed by atoms with Crippen molar-refractivity contribution in [2.75, 3.05) is 145 Å². The molecular weight excluding hydrogens is 1770 g/mol. The molecule has 0 radical (unpaired) electrons. The molecule has 0 aliphatic carbocycles. The zero-order valence-corrected chi connectivity index (χ0v) is 83.9. The van der Waals surface area contributed by atoms with E-state index < -0.39 is 45.7 Å². The van der Waals surface area contributed by atoms with E-state index in [4.69, 9.17) is 53.1 Å². The summed E-state index contributed by atoms with van der Waals surface area (Å²) >= 11 is 0. The van der Waals surface area contributed by atoms with E-state index in [1.807, 2.05) is 104 Å². The summed E-state index contributed by atoms with van der Waals surface area (Å²) in [5, 5.41) is 27.4. The van der Waals surface area contributed by atoms with E-state index in [1.165, 1.54) is 49.3 Å². The largest absolute Gasteiger partial charge is 0.480 e. The molecule has 0 saturated carbocycles. The Morgan fingerprint density at radius 2 is 0.667 bits per heavy atom. The smallest absolute Gasteiger partial charge is 0.317 e. The van der Waals surface area contributed by atoms with E-state index in [-0.39, 0.29) is 55.2 Å². The number of carbonyl (C=O) groups is 4. The van der Waals surface area contributed by atoms with Gasteiger partial charge in [-0.3, -0.25) is 48.9 Å². The first kappa shape index (κ1) is 99.0. The number of hydrogen-bond donors (Lipinski definition) is 2. The number of rotatable bonds is 30. The molecular formula is C116H132N12O13. The van der Waals surface area contributed by atoms with Gasteiger partial charge in [-0.1, -0.05) is 216 Å².